The van der Waals surface area contributed by atoms with Crippen LogP contribution in [0.3, 0.4) is 0 Å². The number of nitrogens with zero attached hydrogens (tertiary/aromatic N) is 2. The second-order valence-electron chi connectivity index (χ2n) is 7.19. The Labute approximate surface area is 195 Å². The first-order chi connectivity index (χ1) is 16.0. The zero-order valence-corrected chi connectivity index (χ0v) is 18.7. The van der Waals surface area contributed by atoms with Gasteiger partial charge >= 0.3 is 6.09 Å². The molecular weight excluding hydrogens is 442 g/mol. The van der Waals surface area contributed by atoms with Crippen LogP contribution >= 0.6 is 11.8 Å². The molecule has 0 aliphatic heterocycles. The number of aromatic nitrogens is 2. The van der Waals surface area contributed by atoms with Crippen LogP contribution < -0.4 is 16.0 Å². The molecule has 3 rings (SSSR count). The van der Waals surface area contributed by atoms with Crippen molar-refractivity contribution < 1.29 is 19.5 Å². The van der Waals surface area contributed by atoms with E-state index in [1.165, 1.54) is 11.8 Å². The molecule has 2 heterocycles. The number of amides is 3. The molecule has 1 aromatic carbocycles. The minimum Gasteiger partial charge on any atom is -0.465 e. The molecule has 33 heavy (non-hydrogen) atoms. The molecule has 0 aliphatic rings. The molecule has 172 valence electrons. The number of benzene rings is 1. The van der Waals surface area contributed by atoms with Gasteiger partial charge in [-0.3, -0.25) is 19.6 Å². The first-order valence-electron chi connectivity index (χ1n) is 10.5. The van der Waals surface area contributed by atoms with Crippen molar-refractivity contribution in [1.82, 2.24) is 20.6 Å². The van der Waals surface area contributed by atoms with Crippen LogP contribution in [0.4, 0.5) is 10.5 Å². The summed E-state index contributed by atoms with van der Waals surface area (Å²) in [5.74, 6) is -0.235. The average molecular weight is 468 g/mol. The van der Waals surface area contributed by atoms with E-state index in [-0.39, 0.29) is 5.91 Å². The van der Waals surface area contributed by atoms with Crippen LogP contribution in [0.2, 0.25) is 0 Å². The van der Waals surface area contributed by atoms with Gasteiger partial charge < -0.3 is 21.1 Å². The highest BCUT2D eigenvalue weighted by Gasteiger charge is 2.21. The predicted octanol–water partition coefficient (Wildman–Crippen LogP) is 3.28. The van der Waals surface area contributed by atoms with Crippen LogP contribution in [0.15, 0.2) is 66.0 Å². The highest BCUT2D eigenvalue weighted by Crippen LogP contribution is 2.21. The van der Waals surface area contributed by atoms with Gasteiger partial charge in [-0.05, 0) is 43.5 Å². The number of pyridine rings is 2. The van der Waals surface area contributed by atoms with Crippen LogP contribution in [0.1, 0.15) is 19.3 Å². The first kappa shape index (κ1) is 24.0. The van der Waals surface area contributed by atoms with Gasteiger partial charge in [-0.1, -0.05) is 18.2 Å². The molecule has 0 saturated carbocycles. The maximum atomic E-state index is 12.7. The van der Waals surface area contributed by atoms with E-state index in [4.69, 9.17) is 5.11 Å². The summed E-state index contributed by atoms with van der Waals surface area (Å²) in [6.45, 7) is 0.449. The van der Waals surface area contributed by atoms with Gasteiger partial charge in [0.15, 0.2) is 0 Å². The number of thioether (sulfide) groups is 1. The molecule has 1 atom stereocenters. The number of para-hydroxylation sites is 1. The quantitative estimate of drug-likeness (QED) is 0.251. The molecule has 10 heteroatoms. The number of fused-ring (bicyclic) bond motifs is 1. The van der Waals surface area contributed by atoms with Crippen molar-refractivity contribution in [1.29, 1.82) is 0 Å². The van der Waals surface area contributed by atoms with Crippen molar-refractivity contribution in [3.8, 4) is 0 Å². The molecule has 4 N–H and O–H groups in total. The Morgan fingerprint density at radius 1 is 1.00 bits per heavy atom. The number of carbonyl (C=O) groups excluding carboxylic acids is 2. The highest BCUT2D eigenvalue weighted by molar-refractivity contribution is 8.00. The first-order valence-corrected chi connectivity index (χ1v) is 11.4. The summed E-state index contributed by atoms with van der Waals surface area (Å²) in [5, 5.41) is 17.9. The lowest BCUT2D eigenvalue weighted by atomic mass is 10.1. The Morgan fingerprint density at radius 3 is 2.58 bits per heavy atom. The zero-order valence-electron chi connectivity index (χ0n) is 17.9. The minimum atomic E-state index is -1.27. The fraction of sp³-hybridized carbons (Fsp3) is 0.261. The van der Waals surface area contributed by atoms with Gasteiger partial charge in [0.25, 0.3) is 0 Å². The van der Waals surface area contributed by atoms with E-state index in [0.717, 1.165) is 10.3 Å². The number of hydrogen-bond acceptors (Lipinski definition) is 6. The summed E-state index contributed by atoms with van der Waals surface area (Å²) in [7, 11) is 0. The van der Waals surface area contributed by atoms with Gasteiger partial charge in [0, 0.05) is 35.4 Å². The van der Waals surface area contributed by atoms with E-state index in [2.05, 4.69) is 25.9 Å². The van der Waals surface area contributed by atoms with Crippen molar-refractivity contribution in [3.63, 3.8) is 0 Å². The van der Waals surface area contributed by atoms with Crippen molar-refractivity contribution in [2.75, 3.05) is 17.6 Å². The van der Waals surface area contributed by atoms with E-state index in [0.29, 0.717) is 42.8 Å². The van der Waals surface area contributed by atoms with Gasteiger partial charge in [0.05, 0.1) is 17.0 Å². The van der Waals surface area contributed by atoms with Crippen LogP contribution in [0.25, 0.3) is 10.9 Å². The molecule has 0 spiro atoms. The number of anilines is 1. The fourth-order valence-electron chi connectivity index (χ4n) is 3.18. The molecule has 0 radical (unpaired) electrons. The minimum absolute atomic E-state index is 0.0850. The molecule has 0 bridgehead atoms. The molecule has 0 saturated heterocycles. The SMILES string of the molecule is O=C(O)NC(CCCCNC(=O)CSc1ccncc1)C(=O)Nc1cccc2cccnc12. The van der Waals surface area contributed by atoms with Crippen LogP contribution in [-0.2, 0) is 9.59 Å². The lowest BCUT2D eigenvalue weighted by molar-refractivity contribution is -0.119. The lowest BCUT2D eigenvalue weighted by Crippen LogP contribution is -2.43. The number of carbonyl (C=O) groups is 3. The molecule has 0 aliphatic carbocycles. The number of nitrogens with one attached hydrogen (secondary N) is 3. The van der Waals surface area contributed by atoms with Gasteiger partial charge in [-0.25, -0.2) is 4.79 Å². The molecule has 2 aromatic heterocycles. The summed E-state index contributed by atoms with van der Waals surface area (Å²) in [6.07, 6.45) is 5.19. The van der Waals surface area contributed by atoms with Crippen molar-refractivity contribution in [2.24, 2.45) is 0 Å². The second kappa shape index (κ2) is 12.4. The summed E-state index contributed by atoms with van der Waals surface area (Å²) < 4.78 is 0. The predicted molar refractivity (Wildman–Crippen MR) is 127 cm³/mol. The fourth-order valence-corrected chi connectivity index (χ4v) is 3.89. The Hall–Kier alpha value is -3.66. The summed E-state index contributed by atoms with van der Waals surface area (Å²) in [4.78, 5) is 45.1. The number of carboxylic acid groups (broad SMARTS) is 1. The monoisotopic (exact) mass is 467 g/mol. The van der Waals surface area contributed by atoms with Gasteiger partial charge in [-0.15, -0.1) is 11.8 Å². The molecule has 3 aromatic rings. The smallest absolute Gasteiger partial charge is 0.405 e. The van der Waals surface area contributed by atoms with Gasteiger partial charge in [0.1, 0.15) is 6.04 Å². The molecule has 3 amide bonds. The molecule has 9 nitrogen and oxygen atoms in total. The maximum Gasteiger partial charge on any atom is 0.405 e. The Kier molecular flexibility index (Phi) is 9.01. The molecule has 0 fully saturated rings. The lowest BCUT2D eigenvalue weighted by Gasteiger charge is -2.17. The van der Waals surface area contributed by atoms with E-state index in [9.17, 15) is 14.4 Å². The van der Waals surface area contributed by atoms with Crippen molar-refractivity contribution in [3.05, 3.63) is 61.1 Å². The largest absolute Gasteiger partial charge is 0.465 e. The summed E-state index contributed by atoms with van der Waals surface area (Å²) in [5.41, 5.74) is 1.16. The van der Waals surface area contributed by atoms with E-state index in [1.54, 1.807) is 36.8 Å². The van der Waals surface area contributed by atoms with Crippen LogP contribution in [0.5, 0.6) is 0 Å². The number of unbranched alkanes of at least 4 members (excludes halogenated alkanes) is 1. The second-order valence-corrected chi connectivity index (χ2v) is 8.24. The standard InChI is InChI=1S/C23H25N5O4S/c29-20(15-33-17-9-13-24-14-10-17)25-11-2-1-7-19(28-23(31)32)22(30)27-18-8-3-5-16-6-4-12-26-21(16)18/h3-6,8-10,12-14,19,28H,1-2,7,11,15H2,(H,25,29)(H,27,30)(H,31,32). The zero-order chi connectivity index (χ0) is 23.5. The number of rotatable bonds is 11. The Balaban J connectivity index is 1.44. The highest BCUT2D eigenvalue weighted by atomic mass is 32.2. The summed E-state index contributed by atoms with van der Waals surface area (Å²) >= 11 is 1.42. The average Bonchev–Trinajstić information content (AvgIpc) is 2.82. The Bertz CT molecular complexity index is 1090. The number of hydrogen-bond donors (Lipinski definition) is 4. The van der Waals surface area contributed by atoms with Gasteiger partial charge in [0.2, 0.25) is 11.8 Å². The topological polar surface area (TPSA) is 133 Å². The van der Waals surface area contributed by atoms with Crippen LogP contribution in [-0.4, -0.2) is 51.3 Å². The molecular formula is C23H25N5O4S. The van der Waals surface area contributed by atoms with E-state index >= 15 is 0 Å². The van der Waals surface area contributed by atoms with Crippen molar-refractivity contribution >= 4 is 46.3 Å². The van der Waals surface area contributed by atoms with Gasteiger partial charge in [-0.2, -0.15) is 0 Å². The van der Waals surface area contributed by atoms with Crippen LogP contribution in [0, 0.1) is 0 Å². The third-order valence-electron chi connectivity index (χ3n) is 4.77. The summed E-state index contributed by atoms with van der Waals surface area (Å²) in [6, 6.07) is 11.9. The Morgan fingerprint density at radius 2 is 1.79 bits per heavy atom. The third-order valence-corrected chi connectivity index (χ3v) is 5.78. The normalized spacial score (nSPS) is 11.5. The van der Waals surface area contributed by atoms with E-state index in [1.807, 2.05) is 24.3 Å². The molecule has 1 unspecified atom stereocenters. The third kappa shape index (κ3) is 7.76. The maximum absolute atomic E-state index is 12.7. The van der Waals surface area contributed by atoms with Crippen molar-refractivity contribution in [2.45, 2.75) is 30.2 Å². The van der Waals surface area contributed by atoms with E-state index < -0.39 is 18.0 Å².